The summed E-state index contributed by atoms with van der Waals surface area (Å²) in [6, 6.07) is 6.14. The van der Waals surface area contributed by atoms with Gasteiger partial charge in [-0.2, -0.15) is 0 Å². The smallest absolute Gasteiger partial charge is 0.319 e. The molecule has 1 aromatic rings. The van der Waals surface area contributed by atoms with Gasteiger partial charge in [-0.25, -0.2) is 13.2 Å². The van der Waals surface area contributed by atoms with Crippen molar-refractivity contribution in [2.45, 2.75) is 25.8 Å². The zero-order valence-corrected chi connectivity index (χ0v) is 12.6. The molecule has 6 nitrogen and oxygen atoms in total. The molecule has 0 spiro atoms. The molecular formula is C14H18N2O4S. The van der Waals surface area contributed by atoms with E-state index in [0.29, 0.717) is 24.1 Å². The minimum atomic E-state index is -2.93. The van der Waals surface area contributed by atoms with Crippen molar-refractivity contribution in [1.82, 2.24) is 5.32 Å². The summed E-state index contributed by atoms with van der Waals surface area (Å²) in [4.78, 5) is 23.1. The van der Waals surface area contributed by atoms with E-state index in [4.69, 9.17) is 0 Å². The molecule has 2 rings (SSSR count). The Morgan fingerprint density at radius 3 is 2.48 bits per heavy atom. The fourth-order valence-corrected chi connectivity index (χ4v) is 3.69. The number of urea groups is 1. The Kier molecular flexibility index (Phi) is 4.62. The van der Waals surface area contributed by atoms with Crippen LogP contribution in [0.3, 0.4) is 0 Å². The van der Waals surface area contributed by atoms with E-state index in [1.54, 1.807) is 24.3 Å². The third-order valence-electron chi connectivity index (χ3n) is 3.42. The number of hydrogen-bond donors (Lipinski definition) is 2. The minimum absolute atomic E-state index is 0.0726. The number of amides is 2. The topological polar surface area (TPSA) is 92.3 Å². The van der Waals surface area contributed by atoms with Crippen LogP contribution in [0.4, 0.5) is 10.5 Å². The first-order valence-electron chi connectivity index (χ1n) is 6.75. The Bertz CT molecular complexity index is 641. The van der Waals surface area contributed by atoms with Crippen LogP contribution in [0, 0.1) is 0 Å². The van der Waals surface area contributed by atoms with Crippen LogP contribution in [0.1, 0.15) is 30.1 Å². The number of hydrogen-bond acceptors (Lipinski definition) is 4. The molecule has 0 unspecified atom stereocenters. The van der Waals surface area contributed by atoms with Crippen molar-refractivity contribution in [1.29, 1.82) is 0 Å². The second kappa shape index (κ2) is 6.26. The van der Waals surface area contributed by atoms with E-state index in [0.717, 1.165) is 0 Å². The summed E-state index contributed by atoms with van der Waals surface area (Å²) in [5, 5.41) is 5.41. The Morgan fingerprint density at radius 1 is 1.19 bits per heavy atom. The molecule has 1 heterocycles. The molecule has 0 saturated carbocycles. The third kappa shape index (κ3) is 4.56. The Morgan fingerprint density at radius 2 is 1.86 bits per heavy atom. The fourth-order valence-electron chi connectivity index (χ4n) is 2.20. The highest BCUT2D eigenvalue weighted by Crippen LogP contribution is 2.14. The van der Waals surface area contributed by atoms with Gasteiger partial charge in [0, 0.05) is 17.3 Å². The molecule has 1 saturated heterocycles. The van der Waals surface area contributed by atoms with Gasteiger partial charge in [-0.3, -0.25) is 4.79 Å². The Balaban J connectivity index is 1.90. The molecule has 1 aliphatic heterocycles. The summed E-state index contributed by atoms with van der Waals surface area (Å²) in [5.74, 6) is 0.145. The van der Waals surface area contributed by atoms with E-state index < -0.39 is 9.84 Å². The predicted molar refractivity (Wildman–Crippen MR) is 80.3 cm³/mol. The summed E-state index contributed by atoms with van der Waals surface area (Å²) in [7, 11) is -2.93. The number of Topliss-reactive ketones (excluding diaryl/α,β-unsaturated/α-hetero) is 1. The van der Waals surface area contributed by atoms with Gasteiger partial charge in [0.1, 0.15) is 9.84 Å². The maximum atomic E-state index is 11.9. The highest BCUT2D eigenvalue weighted by Gasteiger charge is 2.24. The zero-order chi connectivity index (χ0) is 15.5. The molecule has 114 valence electrons. The highest BCUT2D eigenvalue weighted by molar-refractivity contribution is 7.91. The summed E-state index contributed by atoms with van der Waals surface area (Å²) in [6.07, 6.45) is 0.868. The first kappa shape index (κ1) is 15.5. The van der Waals surface area contributed by atoms with Gasteiger partial charge in [0.15, 0.2) is 5.78 Å². The number of nitrogens with one attached hydrogen (secondary N) is 2. The van der Waals surface area contributed by atoms with Gasteiger partial charge in [0.05, 0.1) is 11.5 Å². The maximum absolute atomic E-state index is 11.9. The summed E-state index contributed by atoms with van der Waals surface area (Å²) in [5.41, 5.74) is 1.06. The van der Waals surface area contributed by atoms with E-state index in [2.05, 4.69) is 10.6 Å². The van der Waals surface area contributed by atoms with Crippen molar-refractivity contribution < 1.29 is 18.0 Å². The zero-order valence-electron chi connectivity index (χ0n) is 11.8. The minimum Gasteiger partial charge on any atom is -0.335 e. The number of benzene rings is 1. The van der Waals surface area contributed by atoms with Gasteiger partial charge in [-0.05, 0) is 31.9 Å². The number of carbonyl (C=O) groups is 2. The van der Waals surface area contributed by atoms with E-state index in [-0.39, 0.29) is 29.4 Å². The predicted octanol–water partition coefficient (Wildman–Crippen LogP) is 1.59. The number of ketones is 1. The number of carbonyl (C=O) groups excluding carboxylic acids is 2. The van der Waals surface area contributed by atoms with Crippen LogP contribution in [0.25, 0.3) is 0 Å². The molecule has 1 fully saturated rings. The van der Waals surface area contributed by atoms with Crippen LogP contribution in [-0.4, -0.2) is 37.8 Å². The molecule has 0 radical (unpaired) electrons. The van der Waals surface area contributed by atoms with Crippen molar-refractivity contribution >= 4 is 27.3 Å². The highest BCUT2D eigenvalue weighted by atomic mass is 32.2. The van der Waals surface area contributed by atoms with Crippen LogP contribution in [-0.2, 0) is 9.84 Å². The average molecular weight is 310 g/mol. The molecule has 0 atom stereocenters. The lowest BCUT2D eigenvalue weighted by Crippen LogP contribution is -2.42. The monoisotopic (exact) mass is 310 g/mol. The third-order valence-corrected chi connectivity index (χ3v) is 5.13. The van der Waals surface area contributed by atoms with Crippen molar-refractivity contribution in [2.24, 2.45) is 0 Å². The summed E-state index contributed by atoms with van der Waals surface area (Å²) < 4.78 is 22.6. The largest absolute Gasteiger partial charge is 0.335 e. The van der Waals surface area contributed by atoms with Crippen LogP contribution < -0.4 is 10.6 Å². The van der Waals surface area contributed by atoms with Gasteiger partial charge in [0.2, 0.25) is 0 Å². The van der Waals surface area contributed by atoms with Gasteiger partial charge < -0.3 is 10.6 Å². The second-order valence-electron chi connectivity index (χ2n) is 5.16. The van der Waals surface area contributed by atoms with Crippen molar-refractivity contribution in [2.75, 3.05) is 16.8 Å². The number of rotatable bonds is 3. The van der Waals surface area contributed by atoms with E-state index >= 15 is 0 Å². The van der Waals surface area contributed by atoms with Gasteiger partial charge >= 0.3 is 6.03 Å². The van der Waals surface area contributed by atoms with Gasteiger partial charge in [-0.1, -0.05) is 12.1 Å². The molecule has 0 aromatic heterocycles. The molecular weight excluding hydrogens is 292 g/mol. The lowest BCUT2D eigenvalue weighted by molar-refractivity contribution is 0.101. The molecule has 2 amide bonds. The number of anilines is 1. The average Bonchev–Trinajstić information content (AvgIpc) is 2.41. The maximum Gasteiger partial charge on any atom is 0.319 e. The van der Waals surface area contributed by atoms with Crippen molar-refractivity contribution in [3.05, 3.63) is 29.8 Å². The van der Waals surface area contributed by atoms with Crippen LogP contribution in [0.5, 0.6) is 0 Å². The lowest BCUT2D eigenvalue weighted by atomic mass is 10.1. The van der Waals surface area contributed by atoms with Crippen LogP contribution in [0.15, 0.2) is 24.3 Å². The lowest BCUT2D eigenvalue weighted by Gasteiger charge is -2.23. The van der Waals surface area contributed by atoms with Crippen molar-refractivity contribution in [3.63, 3.8) is 0 Å². The molecule has 0 aliphatic carbocycles. The van der Waals surface area contributed by atoms with E-state index in [9.17, 15) is 18.0 Å². The number of sulfone groups is 1. The molecule has 2 N–H and O–H groups in total. The van der Waals surface area contributed by atoms with Crippen LogP contribution in [0.2, 0.25) is 0 Å². The standard InChI is InChI=1S/C14H18N2O4S/c1-10(17)11-3-2-4-13(9-11)16-14(18)15-12-5-7-21(19,20)8-6-12/h2-4,9,12H,5-8H2,1H3,(H2,15,16,18). The Hall–Kier alpha value is -1.89. The quantitative estimate of drug-likeness (QED) is 0.829. The SMILES string of the molecule is CC(=O)c1cccc(NC(=O)NC2CCS(=O)(=O)CC2)c1. The van der Waals surface area contributed by atoms with Crippen molar-refractivity contribution in [3.8, 4) is 0 Å². The Labute approximate surface area is 123 Å². The van der Waals surface area contributed by atoms with Crippen LogP contribution >= 0.6 is 0 Å². The van der Waals surface area contributed by atoms with Gasteiger partial charge in [0.25, 0.3) is 0 Å². The molecule has 7 heteroatoms. The molecule has 21 heavy (non-hydrogen) atoms. The first-order chi connectivity index (χ1) is 9.85. The second-order valence-corrected chi connectivity index (χ2v) is 7.47. The molecule has 1 aromatic carbocycles. The van der Waals surface area contributed by atoms with E-state index in [1.807, 2.05) is 0 Å². The molecule has 1 aliphatic rings. The summed E-state index contributed by atoms with van der Waals surface area (Å²) >= 11 is 0. The van der Waals surface area contributed by atoms with Gasteiger partial charge in [-0.15, -0.1) is 0 Å². The molecule has 0 bridgehead atoms. The normalized spacial score (nSPS) is 18.0. The summed E-state index contributed by atoms with van der Waals surface area (Å²) in [6.45, 7) is 1.46. The fraction of sp³-hybridized carbons (Fsp3) is 0.429. The van der Waals surface area contributed by atoms with E-state index in [1.165, 1.54) is 6.92 Å². The first-order valence-corrected chi connectivity index (χ1v) is 8.57.